The lowest BCUT2D eigenvalue weighted by atomic mass is 9.74. The predicted molar refractivity (Wildman–Crippen MR) is 85.6 cm³/mol. The van der Waals surface area contributed by atoms with Crippen LogP contribution < -0.4 is 5.56 Å². The van der Waals surface area contributed by atoms with E-state index in [0.29, 0.717) is 11.3 Å². The molecule has 26 heavy (non-hydrogen) atoms. The summed E-state index contributed by atoms with van der Waals surface area (Å²) in [6, 6.07) is 5.17. The molecule has 0 radical (unpaired) electrons. The van der Waals surface area contributed by atoms with Gasteiger partial charge in [-0.25, -0.2) is 14.4 Å². The summed E-state index contributed by atoms with van der Waals surface area (Å²) in [5.41, 5.74) is 0.306. The average Bonchev–Trinajstić information content (AvgIpc) is 2.88. The van der Waals surface area contributed by atoms with E-state index in [4.69, 9.17) is 0 Å². The van der Waals surface area contributed by atoms with Gasteiger partial charge < -0.3 is 4.57 Å². The van der Waals surface area contributed by atoms with Crippen molar-refractivity contribution >= 4 is 11.2 Å². The van der Waals surface area contributed by atoms with Gasteiger partial charge in [0.2, 0.25) is 0 Å². The third kappa shape index (κ3) is 2.58. The molecule has 0 bridgehead atoms. The molecule has 1 saturated carbocycles. The van der Waals surface area contributed by atoms with Crippen molar-refractivity contribution in [3.63, 3.8) is 0 Å². The van der Waals surface area contributed by atoms with E-state index < -0.39 is 29.4 Å². The molecule has 3 aromatic rings. The standard InChI is InChI=1S/C17H14F4N4O/c1-24-8-22-13-15(24)23-14(9-6-10(7-9)17(19,20)21)25(16(13)26)12-4-2-11(18)3-5-12/h2-5,8-10H,6-7H2,1H3. The quantitative estimate of drug-likeness (QED) is 0.654. The maximum Gasteiger partial charge on any atom is 0.391 e. The number of benzene rings is 1. The summed E-state index contributed by atoms with van der Waals surface area (Å²) in [5.74, 6) is -2.12. The molecule has 0 atom stereocenters. The molecule has 9 heteroatoms. The van der Waals surface area contributed by atoms with Gasteiger partial charge in [0.05, 0.1) is 17.9 Å². The summed E-state index contributed by atoms with van der Waals surface area (Å²) in [7, 11) is 1.66. The van der Waals surface area contributed by atoms with Crippen LogP contribution in [0.2, 0.25) is 0 Å². The summed E-state index contributed by atoms with van der Waals surface area (Å²) >= 11 is 0. The first-order chi connectivity index (χ1) is 12.3. The van der Waals surface area contributed by atoms with E-state index >= 15 is 0 Å². The Morgan fingerprint density at radius 2 is 1.81 bits per heavy atom. The van der Waals surface area contributed by atoms with Crippen molar-refractivity contribution in [2.45, 2.75) is 24.9 Å². The number of rotatable bonds is 2. The van der Waals surface area contributed by atoms with Crippen LogP contribution in [0.25, 0.3) is 16.9 Å². The summed E-state index contributed by atoms with van der Waals surface area (Å²) in [5, 5.41) is 0. The predicted octanol–water partition coefficient (Wildman–Crippen LogP) is 3.31. The molecule has 0 N–H and O–H groups in total. The van der Waals surface area contributed by atoms with E-state index in [1.807, 2.05) is 0 Å². The van der Waals surface area contributed by atoms with Crippen LogP contribution in [0.4, 0.5) is 17.6 Å². The number of hydrogen-bond acceptors (Lipinski definition) is 3. The minimum absolute atomic E-state index is 0.118. The van der Waals surface area contributed by atoms with Gasteiger partial charge in [-0.2, -0.15) is 13.2 Å². The Balaban J connectivity index is 1.87. The smallest absolute Gasteiger partial charge is 0.318 e. The van der Waals surface area contributed by atoms with Crippen LogP contribution >= 0.6 is 0 Å². The molecule has 1 fully saturated rings. The van der Waals surface area contributed by atoms with Crippen molar-refractivity contribution in [2.24, 2.45) is 13.0 Å². The highest BCUT2D eigenvalue weighted by atomic mass is 19.4. The monoisotopic (exact) mass is 366 g/mol. The number of alkyl halides is 3. The minimum atomic E-state index is -4.26. The molecule has 0 aliphatic heterocycles. The largest absolute Gasteiger partial charge is 0.391 e. The fourth-order valence-corrected chi connectivity index (χ4v) is 3.28. The molecular formula is C17H14F4N4O. The van der Waals surface area contributed by atoms with Crippen LogP contribution in [0.1, 0.15) is 24.6 Å². The van der Waals surface area contributed by atoms with E-state index in [0.717, 1.165) is 0 Å². The van der Waals surface area contributed by atoms with Crippen LogP contribution in [-0.2, 0) is 7.05 Å². The van der Waals surface area contributed by atoms with Gasteiger partial charge in [0.15, 0.2) is 11.2 Å². The number of nitrogens with zero attached hydrogens (tertiary/aromatic N) is 4. The fraction of sp³-hybridized carbons (Fsp3) is 0.353. The third-order valence-electron chi connectivity index (χ3n) is 4.81. The molecule has 136 valence electrons. The molecular weight excluding hydrogens is 352 g/mol. The zero-order valence-electron chi connectivity index (χ0n) is 13.7. The lowest BCUT2D eigenvalue weighted by Crippen LogP contribution is -2.37. The van der Waals surface area contributed by atoms with Gasteiger partial charge in [0, 0.05) is 13.0 Å². The number of halogens is 4. The summed E-state index contributed by atoms with van der Waals surface area (Å²) in [4.78, 5) is 21.4. The molecule has 1 aliphatic carbocycles. The summed E-state index contributed by atoms with van der Waals surface area (Å²) in [6.45, 7) is 0. The van der Waals surface area contributed by atoms with Gasteiger partial charge in [-0.3, -0.25) is 9.36 Å². The normalized spacial score (nSPS) is 20.3. The Kier molecular flexibility index (Phi) is 3.64. The maximum atomic E-state index is 13.2. The van der Waals surface area contributed by atoms with E-state index in [1.54, 1.807) is 11.6 Å². The molecule has 0 unspecified atom stereocenters. The van der Waals surface area contributed by atoms with E-state index in [-0.39, 0.29) is 24.2 Å². The van der Waals surface area contributed by atoms with Crippen molar-refractivity contribution in [3.05, 3.63) is 52.6 Å². The Hall–Kier alpha value is -2.71. The van der Waals surface area contributed by atoms with Crippen LogP contribution in [0, 0.1) is 11.7 Å². The summed E-state index contributed by atoms with van der Waals surface area (Å²) in [6.07, 6.45) is -3.08. The van der Waals surface area contributed by atoms with Crippen LogP contribution in [0.5, 0.6) is 0 Å². The second-order valence-corrected chi connectivity index (χ2v) is 6.52. The van der Waals surface area contributed by atoms with Crippen LogP contribution in [0.3, 0.4) is 0 Å². The number of aryl methyl sites for hydroxylation is 1. The number of imidazole rings is 1. The Labute approximate surface area is 144 Å². The Morgan fingerprint density at radius 1 is 1.15 bits per heavy atom. The minimum Gasteiger partial charge on any atom is -0.318 e. The SMILES string of the molecule is Cn1cnc2c(=O)n(-c3ccc(F)cc3)c(C3CC(C(F)(F)F)C3)nc21. The second-order valence-electron chi connectivity index (χ2n) is 6.52. The van der Waals surface area contributed by atoms with E-state index in [2.05, 4.69) is 9.97 Å². The highest BCUT2D eigenvalue weighted by Gasteiger charge is 2.49. The first kappa shape index (κ1) is 16.7. The van der Waals surface area contributed by atoms with Crippen molar-refractivity contribution in [1.29, 1.82) is 0 Å². The molecule has 2 heterocycles. The maximum absolute atomic E-state index is 13.2. The highest BCUT2D eigenvalue weighted by Crippen LogP contribution is 2.49. The number of fused-ring (bicyclic) bond motifs is 1. The van der Waals surface area contributed by atoms with Gasteiger partial charge in [0.25, 0.3) is 5.56 Å². The highest BCUT2D eigenvalue weighted by molar-refractivity contribution is 5.70. The lowest BCUT2D eigenvalue weighted by molar-refractivity contribution is -0.198. The summed E-state index contributed by atoms with van der Waals surface area (Å²) < 4.78 is 54.6. The first-order valence-corrected chi connectivity index (χ1v) is 8.02. The Bertz CT molecular complexity index is 1030. The fourth-order valence-electron chi connectivity index (χ4n) is 3.28. The van der Waals surface area contributed by atoms with Crippen LogP contribution in [0.15, 0.2) is 35.4 Å². The van der Waals surface area contributed by atoms with Gasteiger partial charge in [-0.15, -0.1) is 0 Å². The topological polar surface area (TPSA) is 52.7 Å². The van der Waals surface area contributed by atoms with Crippen molar-refractivity contribution < 1.29 is 17.6 Å². The zero-order valence-corrected chi connectivity index (χ0v) is 13.7. The molecule has 4 rings (SSSR count). The van der Waals surface area contributed by atoms with Gasteiger partial charge in [-0.05, 0) is 37.1 Å². The van der Waals surface area contributed by atoms with Gasteiger partial charge in [-0.1, -0.05) is 0 Å². The van der Waals surface area contributed by atoms with E-state index in [1.165, 1.54) is 35.2 Å². The molecule has 0 amide bonds. The molecule has 5 nitrogen and oxygen atoms in total. The van der Waals surface area contributed by atoms with Crippen molar-refractivity contribution in [1.82, 2.24) is 19.1 Å². The first-order valence-electron chi connectivity index (χ1n) is 8.02. The number of aromatic nitrogens is 4. The molecule has 2 aromatic heterocycles. The lowest BCUT2D eigenvalue weighted by Gasteiger charge is -2.36. The second kappa shape index (κ2) is 5.65. The van der Waals surface area contributed by atoms with Gasteiger partial charge in [0.1, 0.15) is 11.6 Å². The molecule has 0 saturated heterocycles. The average molecular weight is 366 g/mol. The zero-order chi connectivity index (χ0) is 18.6. The number of hydrogen-bond donors (Lipinski definition) is 0. The van der Waals surface area contributed by atoms with E-state index in [9.17, 15) is 22.4 Å². The Morgan fingerprint density at radius 3 is 2.42 bits per heavy atom. The van der Waals surface area contributed by atoms with Crippen molar-refractivity contribution in [2.75, 3.05) is 0 Å². The van der Waals surface area contributed by atoms with Gasteiger partial charge >= 0.3 is 6.18 Å². The van der Waals surface area contributed by atoms with Crippen LogP contribution in [-0.4, -0.2) is 25.3 Å². The van der Waals surface area contributed by atoms with Crippen molar-refractivity contribution in [3.8, 4) is 5.69 Å². The molecule has 1 aliphatic rings. The molecule has 0 spiro atoms. The third-order valence-corrected chi connectivity index (χ3v) is 4.81. The molecule has 1 aromatic carbocycles.